The summed E-state index contributed by atoms with van der Waals surface area (Å²) in [6.45, 7) is 1.91. The molecule has 3 aliphatic rings. The van der Waals surface area contributed by atoms with Crippen LogP contribution in [0.3, 0.4) is 0 Å². The number of aryl methyl sites for hydroxylation is 1. The summed E-state index contributed by atoms with van der Waals surface area (Å²) in [5.74, 6) is -0.208. The lowest BCUT2D eigenvalue weighted by Gasteiger charge is -2.37. The number of rotatable bonds is 2. The third kappa shape index (κ3) is 2.87. The van der Waals surface area contributed by atoms with Crippen LogP contribution in [0.5, 0.6) is 0 Å². The van der Waals surface area contributed by atoms with Crippen molar-refractivity contribution in [2.75, 3.05) is 0 Å². The molecular formula is C23H22ClN3O2. The minimum absolute atomic E-state index is 0.108. The number of aromatic nitrogens is 2. The minimum Gasteiger partial charge on any atom is -0.362 e. The Morgan fingerprint density at radius 2 is 1.55 bits per heavy atom. The Morgan fingerprint density at radius 1 is 0.966 bits per heavy atom. The van der Waals surface area contributed by atoms with E-state index in [9.17, 15) is 9.59 Å². The van der Waals surface area contributed by atoms with Crippen LogP contribution < -0.4 is 5.32 Å². The van der Waals surface area contributed by atoms with Gasteiger partial charge in [0.1, 0.15) is 5.15 Å². The Kier molecular flexibility index (Phi) is 4.43. The van der Waals surface area contributed by atoms with Gasteiger partial charge in [-0.05, 0) is 44.7 Å². The van der Waals surface area contributed by atoms with Crippen molar-refractivity contribution in [3.63, 3.8) is 0 Å². The van der Waals surface area contributed by atoms with Crippen LogP contribution >= 0.6 is 11.6 Å². The monoisotopic (exact) mass is 407 g/mol. The Bertz CT molecular complexity index is 1050. The van der Waals surface area contributed by atoms with Gasteiger partial charge in [0.2, 0.25) is 0 Å². The van der Waals surface area contributed by atoms with Gasteiger partial charge in [-0.2, -0.15) is 5.10 Å². The van der Waals surface area contributed by atoms with Crippen molar-refractivity contribution >= 4 is 23.2 Å². The molecule has 0 amide bonds. The van der Waals surface area contributed by atoms with Crippen LogP contribution in [0.25, 0.3) is 5.69 Å². The second-order valence-corrected chi connectivity index (χ2v) is 8.29. The van der Waals surface area contributed by atoms with Gasteiger partial charge in [-0.1, -0.05) is 29.8 Å². The van der Waals surface area contributed by atoms with E-state index in [-0.39, 0.29) is 11.6 Å². The lowest BCUT2D eigenvalue weighted by atomic mass is 9.71. The Balaban J connectivity index is 1.74. The number of hydrogen-bond donors (Lipinski definition) is 1. The van der Waals surface area contributed by atoms with Crippen LogP contribution in [0.4, 0.5) is 0 Å². The standard InChI is InChI=1S/C23H22ClN3O2/c1-13-19(23(24)27(26-13)14-7-3-2-4-8-14)22-20-15(9-5-11-17(20)28)25-16-10-6-12-18(29)21(16)22/h2-4,7-8,22,25H,5-6,9-12H2,1H3. The van der Waals surface area contributed by atoms with E-state index >= 15 is 0 Å². The molecule has 0 bridgehead atoms. The maximum absolute atomic E-state index is 13.0. The number of carbonyl (C=O) groups is 2. The number of dihydropyridines is 1. The summed E-state index contributed by atoms with van der Waals surface area (Å²) in [7, 11) is 0. The summed E-state index contributed by atoms with van der Waals surface area (Å²) in [6, 6.07) is 9.69. The first kappa shape index (κ1) is 18.4. The molecule has 1 aromatic carbocycles. The average Bonchev–Trinajstić information content (AvgIpc) is 3.01. The molecule has 1 aliphatic heterocycles. The summed E-state index contributed by atoms with van der Waals surface area (Å²) < 4.78 is 1.70. The maximum Gasteiger partial charge on any atom is 0.161 e. The number of nitrogens with one attached hydrogen (secondary N) is 1. The molecule has 0 spiro atoms. The highest BCUT2D eigenvalue weighted by molar-refractivity contribution is 6.31. The minimum atomic E-state index is -0.424. The smallest absolute Gasteiger partial charge is 0.161 e. The highest BCUT2D eigenvalue weighted by Gasteiger charge is 2.42. The number of allylic oxidation sites excluding steroid dienone is 4. The molecule has 148 valence electrons. The normalized spacial score (nSPS) is 19.9. The van der Waals surface area contributed by atoms with Crippen molar-refractivity contribution in [3.05, 3.63) is 69.3 Å². The number of benzene rings is 1. The Morgan fingerprint density at radius 3 is 2.14 bits per heavy atom. The van der Waals surface area contributed by atoms with Crippen LogP contribution in [0.1, 0.15) is 55.7 Å². The van der Waals surface area contributed by atoms with Crippen molar-refractivity contribution in [2.45, 2.75) is 51.4 Å². The molecule has 0 atom stereocenters. The van der Waals surface area contributed by atoms with Gasteiger partial charge in [0.05, 0.1) is 11.4 Å². The summed E-state index contributed by atoms with van der Waals surface area (Å²) in [5, 5.41) is 8.59. The summed E-state index contributed by atoms with van der Waals surface area (Å²) in [5.41, 5.74) is 5.73. The molecule has 6 heteroatoms. The lowest BCUT2D eigenvalue weighted by molar-refractivity contribution is -0.116. The molecule has 1 aromatic heterocycles. The molecule has 0 saturated heterocycles. The average molecular weight is 408 g/mol. The highest BCUT2D eigenvalue weighted by Crippen LogP contribution is 2.48. The van der Waals surface area contributed by atoms with Crippen LogP contribution in [0.2, 0.25) is 5.15 Å². The van der Waals surface area contributed by atoms with Gasteiger partial charge in [-0.25, -0.2) is 4.68 Å². The maximum atomic E-state index is 13.0. The number of halogens is 1. The fourth-order valence-corrected chi connectivity index (χ4v) is 5.23. The SMILES string of the molecule is Cc1nn(-c2ccccc2)c(Cl)c1C1C2=C(CCCC2=O)NC2=C1C(=O)CCC2. The first-order valence-corrected chi connectivity index (χ1v) is 10.5. The molecule has 5 rings (SSSR count). The molecule has 29 heavy (non-hydrogen) atoms. The molecule has 0 fully saturated rings. The predicted octanol–water partition coefficient (Wildman–Crippen LogP) is 4.54. The van der Waals surface area contributed by atoms with Crippen molar-refractivity contribution in [1.82, 2.24) is 15.1 Å². The van der Waals surface area contributed by atoms with Crippen LogP contribution in [-0.2, 0) is 9.59 Å². The highest BCUT2D eigenvalue weighted by atomic mass is 35.5. The topological polar surface area (TPSA) is 64.0 Å². The number of nitrogens with zero attached hydrogens (tertiary/aromatic N) is 2. The van der Waals surface area contributed by atoms with Gasteiger partial charge in [-0.15, -0.1) is 0 Å². The van der Waals surface area contributed by atoms with Gasteiger partial charge < -0.3 is 5.32 Å². The zero-order valence-corrected chi connectivity index (χ0v) is 17.1. The van der Waals surface area contributed by atoms with Gasteiger partial charge in [0.15, 0.2) is 11.6 Å². The van der Waals surface area contributed by atoms with Crippen LogP contribution in [0.15, 0.2) is 52.9 Å². The molecule has 2 aromatic rings. The zero-order valence-electron chi connectivity index (χ0n) is 16.3. The van der Waals surface area contributed by atoms with E-state index in [0.29, 0.717) is 29.1 Å². The second kappa shape index (κ2) is 6.99. The molecule has 2 aliphatic carbocycles. The lowest BCUT2D eigenvalue weighted by Crippen LogP contribution is -2.36. The van der Waals surface area contributed by atoms with E-state index in [1.165, 1.54) is 0 Å². The van der Waals surface area contributed by atoms with E-state index in [1.807, 2.05) is 37.3 Å². The summed E-state index contributed by atoms with van der Waals surface area (Å²) in [4.78, 5) is 26.0. The molecule has 0 saturated carbocycles. The zero-order chi connectivity index (χ0) is 20.1. The quantitative estimate of drug-likeness (QED) is 0.794. The number of carbonyl (C=O) groups excluding carboxylic acids is 2. The molecule has 2 heterocycles. The summed E-state index contributed by atoms with van der Waals surface area (Å²) in [6.07, 6.45) is 4.35. The van der Waals surface area contributed by atoms with Gasteiger partial charge in [0, 0.05) is 46.9 Å². The van der Waals surface area contributed by atoms with E-state index < -0.39 is 5.92 Å². The molecular weight excluding hydrogens is 386 g/mol. The van der Waals surface area contributed by atoms with Crippen molar-refractivity contribution in [2.24, 2.45) is 0 Å². The molecule has 0 radical (unpaired) electrons. The Labute approximate surface area is 174 Å². The van der Waals surface area contributed by atoms with E-state index in [1.54, 1.807) is 4.68 Å². The van der Waals surface area contributed by atoms with Gasteiger partial charge >= 0.3 is 0 Å². The number of Topliss-reactive ketones (excluding diaryl/α,β-unsaturated/α-hetero) is 2. The Hall–Kier alpha value is -2.66. The first-order valence-electron chi connectivity index (χ1n) is 10.2. The van der Waals surface area contributed by atoms with Crippen LogP contribution in [-0.4, -0.2) is 21.3 Å². The number of hydrogen-bond acceptors (Lipinski definition) is 4. The van der Waals surface area contributed by atoms with E-state index in [2.05, 4.69) is 10.4 Å². The molecule has 0 unspecified atom stereocenters. The molecule has 5 nitrogen and oxygen atoms in total. The van der Waals surface area contributed by atoms with Crippen molar-refractivity contribution < 1.29 is 9.59 Å². The number of ketones is 2. The second-order valence-electron chi connectivity index (χ2n) is 7.93. The molecule has 1 N–H and O–H groups in total. The van der Waals surface area contributed by atoms with Crippen molar-refractivity contribution in [3.8, 4) is 5.69 Å². The number of para-hydroxylation sites is 1. The van der Waals surface area contributed by atoms with Gasteiger partial charge in [0.25, 0.3) is 0 Å². The van der Waals surface area contributed by atoms with Crippen molar-refractivity contribution in [1.29, 1.82) is 0 Å². The third-order valence-corrected chi connectivity index (χ3v) is 6.49. The first-order chi connectivity index (χ1) is 14.1. The largest absolute Gasteiger partial charge is 0.362 e. The third-order valence-electron chi connectivity index (χ3n) is 6.13. The van der Waals surface area contributed by atoms with Crippen LogP contribution in [0, 0.1) is 6.92 Å². The van der Waals surface area contributed by atoms with E-state index in [0.717, 1.165) is 54.0 Å². The fourth-order valence-electron chi connectivity index (χ4n) is 4.85. The summed E-state index contributed by atoms with van der Waals surface area (Å²) >= 11 is 6.87. The fraction of sp³-hybridized carbons (Fsp3) is 0.348. The van der Waals surface area contributed by atoms with Gasteiger partial charge in [-0.3, -0.25) is 9.59 Å². The predicted molar refractivity (Wildman–Crippen MR) is 111 cm³/mol. The van der Waals surface area contributed by atoms with E-state index in [4.69, 9.17) is 11.6 Å².